The number of fused-ring (bicyclic) bond motifs is 7. The highest BCUT2D eigenvalue weighted by molar-refractivity contribution is 5.88. The molecule has 0 spiro atoms. The molecule has 5 fully saturated rings. The van der Waals surface area contributed by atoms with Crippen molar-refractivity contribution in [3.8, 4) is 0 Å². The van der Waals surface area contributed by atoms with E-state index in [0.29, 0.717) is 27.9 Å². The van der Waals surface area contributed by atoms with Crippen molar-refractivity contribution in [3.05, 3.63) is 0 Å². The molecule has 0 radical (unpaired) electrons. The molecule has 0 heterocycles. The number of hydrogen-bond donors (Lipinski definition) is 1. The van der Waals surface area contributed by atoms with Crippen molar-refractivity contribution in [1.29, 1.82) is 0 Å². The Bertz CT molecular complexity index is 812. The number of carbonyl (C=O) groups is 1. The summed E-state index contributed by atoms with van der Waals surface area (Å²) in [5.41, 5.74) is 0.933. The molecule has 5 aliphatic rings. The van der Waals surface area contributed by atoms with E-state index in [2.05, 4.69) is 41.5 Å². The zero-order chi connectivity index (χ0) is 23.5. The molecule has 5 rings (SSSR count). The summed E-state index contributed by atoms with van der Waals surface area (Å²) in [6.45, 7) is 19.4. The first-order chi connectivity index (χ1) is 14.6. The molecule has 5 aliphatic carbocycles. The normalized spacial score (nSPS) is 56.4. The van der Waals surface area contributed by atoms with Crippen LogP contribution < -0.4 is 0 Å². The number of aliphatic hydroxyl groups excluding tert-OH is 1. The van der Waals surface area contributed by atoms with Gasteiger partial charge in [0.1, 0.15) is 5.78 Å². The smallest absolute Gasteiger partial charge is 0.144 e. The van der Waals surface area contributed by atoms with Crippen LogP contribution in [0.15, 0.2) is 0 Å². The van der Waals surface area contributed by atoms with Gasteiger partial charge in [-0.3, -0.25) is 4.79 Å². The van der Waals surface area contributed by atoms with E-state index < -0.39 is 11.5 Å². The predicted octanol–water partition coefficient (Wildman–Crippen LogP) is 7.43. The highest BCUT2D eigenvalue weighted by Crippen LogP contribution is 2.77. The van der Waals surface area contributed by atoms with Crippen LogP contribution in [0.4, 0.5) is 0 Å². The molecule has 0 saturated heterocycles. The van der Waals surface area contributed by atoms with Crippen molar-refractivity contribution in [2.75, 3.05) is 0 Å². The molecule has 0 aromatic rings. The fourth-order valence-corrected chi connectivity index (χ4v) is 11.6. The molecule has 9 atom stereocenters. The van der Waals surface area contributed by atoms with Gasteiger partial charge in [0.2, 0.25) is 0 Å². The van der Waals surface area contributed by atoms with Gasteiger partial charge in [-0.15, -0.1) is 0 Å². The maximum atomic E-state index is 13.6. The summed E-state index contributed by atoms with van der Waals surface area (Å²) < 4.78 is 0. The van der Waals surface area contributed by atoms with Crippen LogP contribution in [-0.2, 0) is 4.79 Å². The van der Waals surface area contributed by atoms with Crippen molar-refractivity contribution in [2.45, 2.75) is 126 Å². The summed E-state index contributed by atoms with van der Waals surface area (Å²) in [7, 11) is 0. The lowest BCUT2D eigenvalue weighted by Gasteiger charge is -2.74. The third-order valence-electron chi connectivity index (χ3n) is 13.6. The van der Waals surface area contributed by atoms with Crippen molar-refractivity contribution in [3.63, 3.8) is 0 Å². The summed E-state index contributed by atoms with van der Waals surface area (Å²) >= 11 is 0. The van der Waals surface area contributed by atoms with Gasteiger partial charge < -0.3 is 5.11 Å². The Morgan fingerprint density at radius 2 is 1.25 bits per heavy atom. The van der Waals surface area contributed by atoms with Crippen LogP contribution in [0.3, 0.4) is 0 Å². The monoisotopic (exact) mass is 442 g/mol. The number of aliphatic hydroxyl groups is 1. The highest BCUT2D eigenvalue weighted by atomic mass is 16.3. The van der Waals surface area contributed by atoms with E-state index in [9.17, 15) is 9.90 Å². The quantitative estimate of drug-likeness (QED) is 0.423. The number of Topliss-reactive ketones (excluding diaryl/α,β-unsaturated/α-hetero) is 1. The van der Waals surface area contributed by atoms with Crippen molar-refractivity contribution in [2.24, 2.45) is 56.2 Å². The van der Waals surface area contributed by atoms with Crippen molar-refractivity contribution < 1.29 is 9.90 Å². The first kappa shape index (κ1) is 23.4. The fraction of sp³-hybridized carbons (Fsp3) is 0.967. The van der Waals surface area contributed by atoms with Gasteiger partial charge in [-0.2, -0.15) is 0 Å². The minimum Gasteiger partial charge on any atom is -0.392 e. The molecule has 0 aliphatic heterocycles. The summed E-state index contributed by atoms with van der Waals surface area (Å²) in [6.07, 6.45) is 12.1. The summed E-state index contributed by atoms with van der Waals surface area (Å²) in [4.78, 5) is 13.6. The van der Waals surface area contributed by atoms with Crippen LogP contribution in [-0.4, -0.2) is 17.0 Å². The Morgan fingerprint density at radius 3 is 1.88 bits per heavy atom. The van der Waals surface area contributed by atoms with Gasteiger partial charge in [0, 0.05) is 11.3 Å². The number of hydrogen-bond acceptors (Lipinski definition) is 2. The number of rotatable bonds is 0. The Morgan fingerprint density at radius 1 is 0.688 bits per heavy atom. The van der Waals surface area contributed by atoms with E-state index >= 15 is 0 Å². The summed E-state index contributed by atoms with van der Waals surface area (Å²) in [5, 5.41) is 11.1. The number of carbonyl (C=O) groups excluding carboxylic acids is 1. The minimum absolute atomic E-state index is 0.0451. The van der Waals surface area contributed by atoms with E-state index in [1.54, 1.807) is 0 Å². The maximum Gasteiger partial charge on any atom is 0.144 e. The highest BCUT2D eigenvalue weighted by Gasteiger charge is 2.71. The van der Waals surface area contributed by atoms with Crippen molar-refractivity contribution in [1.82, 2.24) is 0 Å². The second-order valence-electron chi connectivity index (χ2n) is 15.4. The van der Waals surface area contributed by atoms with Gasteiger partial charge in [0.05, 0.1) is 6.10 Å². The molecule has 9 unspecified atom stereocenters. The Hall–Kier alpha value is -0.370. The van der Waals surface area contributed by atoms with Crippen LogP contribution in [0, 0.1) is 56.2 Å². The molecular weight excluding hydrogens is 392 g/mol. The standard InChI is InChI=1S/C30H50O2/c1-25(2)14-9-15-27(5)20(25)13-17-30(8)21(27)10-11-22-28(6)18-23(31)26(3,4)24(32)19(28)12-16-29(22,30)7/h19-23,31H,9-18H2,1-8H3. The van der Waals surface area contributed by atoms with Crippen LogP contribution in [0.5, 0.6) is 0 Å². The lowest BCUT2D eigenvalue weighted by molar-refractivity contribution is -0.252. The molecular formula is C30H50O2. The van der Waals surface area contributed by atoms with Crippen LogP contribution in [0.2, 0.25) is 0 Å². The lowest BCUT2D eigenvalue weighted by atomic mass is 9.31. The lowest BCUT2D eigenvalue weighted by Crippen LogP contribution is -2.68. The van der Waals surface area contributed by atoms with E-state index in [-0.39, 0.29) is 16.7 Å². The largest absolute Gasteiger partial charge is 0.392 e. The average Bonchev–Trinajstić information content (AvgIpc) is 2.66. The van der Waals surface area contributed by atoms with E-state index in [0.717, 1.165) is 24.7 Å². The third-order valence-corrected chi connectivity index (χ3v) is 13.6. The van der Waals surface area contributed by atoms with Gasteiger partial charge in [0.15, 0.2) is 0 Å². The van der Waals surface area contributed by atoms with Gasteiger partial charge in [0.25, 0.3) is 0 Å². The van der Waals surface area contributed by atoms with Crippen LogP contribution in [0.25, 0.3) is 0 Å². The Kier molecular flexibility index (Phi) is 4.85. The van der Waals surface area contributed by atoms with Gasteiger partial charge in [-0.05, 0) is 103 Å². The van der Waals surface area contributed by atoms with Crippen molar-refractivity contribution >= 4 is 5.78 Å². The van der Waals surface area contributed by atoms with Gasteiger partial charge in [-0.25, -0.2) is 0 Å². The fourth-order valence-electron chi connectivity index (χ4n) is 11.6. The first-order valence-electron chi connectivity index (χ1n) is 13.9. The minimum atomic E-state index is -0.585. The summed E-state index contributed by atoms with van der Waals surface area (Å²) in [5.74, 6) is 2.70. The van der Waals surface area contributed by atoms with E-state index in [1.807, 2.05) is 13.8 Å². The molecule has 1 N–H and O–H groups in total. The second kappa shape index (κ2) is 6.64. The molecule has 0 aromatic carbocycles. The molecule has 5 saturated carbocycles. The van der Waals surface area contributed by atoms with E-state index in [4.69, 9.17) is 0 Å². The molecule has 0 amide bonds. The zero-order valence-electron chi connectivity index (χ0n) is 22.3. The molecule has 0 bridgehead atoms. The zero-order valence-corrected chi connectivity index (χ0v) is 22.3. The molecule has 32 heavy (non-hydrogen) atoms. The molecule has 0 aromatic heterocycles. The number of ketones is 1. The second-order valence-corrected chi connectivity index (χ2v) is 15.4. The molecule has 182 valence electrons. The SMILES string of the molecule is CC1(C)CCCC2(C)C1CCC1(C)C2CCC2C3(C)CC(O)C(C)(C)C(=O)C3CCC21C. The summed E-state index contributed by atoms with van der Waals surface area (Å²) in [6, 6.07) is 0. The van der Waals surface area contributed by atoms with Crippen LogP contribution in [0.1, 0.15) is 120 Å². The Labute approximate surface area is 197 Å². The van der Waals surface area contributed by atoms with Gasteiger partial charge >= 0.3 is 0 Å². The van der Waals surface area contributed by atoms with E-state index in [1.165, 1.54) is 51.4 Å². The third kappa shape index (κ3) is 2.60. The first-order valence-corrected chi connectivity index (χ1v) is 13.9. The molecule has 2 nitrogen and oxygen atoms in total. The van der Waals surface area contributed by atoms with Crippen LogP contribution >= 0.6 is 0 Å². The average molecular weight is 443 g/mol. The topological polar surface area (TPSA) is 37.3 Å². The van der Waals surface area contributed by atoms with Gasteiger partial charge in [-0.1, -0.05) is 61.8 Å². The Balaban J connectivity index is 1.55. The maximum absolute atomic E-state index is 13.6. The molecule has 2 heteroatoms. The predicted molar refractivity (Wildman–Crippen MR) is 131 cm³/mol.